The number of carbonyl (C=O) groups is 1. The van der Waals surface area contributed by atoms with Crippen molar-refractivity contribution in [1.29, 1.82) is 0 Å². The van der Waals surface area contributed by atoms with Gasteiger partial charge in [-0.25, -0.2) is 0 Å². The molecule has 3 rings (SSSR count). The Hall–Kier alpha value is -3.08. The molecule has 0 aliphatic carbocycles. The number of aryl methyl sites for hydroxylation is 1. The summed E-state index contributed by atoms with van der Waals surface area (Å²) in [5, 5.41) is 6.90. The fourth-order valence-corrected chi connectivity index (χ4v) is 2.34. The van der Waals surface area contributed by atoms with E-state index in [9.17, 15) is 4.79 Å². The van der Waals surface area contributed by atoms with Crippen molar-refractivity contribution >= 4 is 5.91 Å². The summed E-state index contributed by atoms with van der Waals surface area (Å²) in [7, 11) is 1.78. The molecule has 0 saturated carbocycles. The maximum Gasteiger partial charge on any atom is 0.254 e. The number of hydrogen-bond donors (Lipinski definition) is 1. The summed E-state index contributed by atoms with van der Waals surface area (Å²) in [4.78, 5) is 12.0. The van der Waals surface area contributed by atoms with Gasteiger partial charge in [0.15, 0.2) is 0 Å². The first kappa shape index (κ1) is 15.8. The maximum atomic E-state index is 12.0. The Kier molecular flexibility index (Phi) is 4.91. The van der Waals surface area contributed by atoms with Gasteiger partial charge in [0.1, 0.15) is 12.4 Å². The highest BCUT2D eigenvalue weighted by molar-refractivity contribution is 5.93. The van der Waals surface area contributed by atoms with Crippen LogP contribution in [0.25, 0.3) is 0 Å². The molecular weight excluding hydrogens is 302 g/mol. The molecule has 1 N–H and O–H groups in total. The van der Waals surface area contributed by atoms with Crippen LogP contribution in [0.1, 0.15) is 21.5 Å². The smallest absolute Gasteiger partial charge is 0.254 e. The largest absolute Gasteiger partial charge is 0.489 e. The van der Waals surface area contributed by atoms with Gasteiger partial charge < -0.3 is 10.1 Å². The van der Waals surface area contributed by atoms with Crippen LogP contribution in [-0.2, 0) is 20.2 Å². The number of nitrogens with one attached hydrogen (secondary N) is 1. The lowest BCUT2D eigenvalue weighted by atomic mass is 10.1. The third-order valence-electron chi connectivity index (χ3n) is 3.56. The second-order valence-electron chi connectivity index (χ2n) is 5.51. The van der Waals surface area contributed by atoms with Gasteiger partial charge in [-0.15, -0.1) is 0 Å². The predicted octanol–water partition coefficient (Wildman–Crippen LogP) is 2.93. The standard InChI is InChI=1S/C19H19N3O2/c1-22-13-17(12-21-22)19(23)20-11-15-6-5-7-16(10-15)14-24-18-8-3-2-4-9-18/h2-10,12-13H,11,14H2,1H3,(H,20,23). The molecule has 0 unspecified atom stereocenters. The highest BCUT2D eigenvalue weighted by Crippen LogP contribution is 2.13. The molecule has 0 radical (unpaired) electrons. The summed E-state index contributed by atoms with van der Waals surface area (Å²) in [6.07, 6.45) is 3.25. The zero-order valence-corrected chi connectivity index (χ0v) is 13.5. The Balaban J connectivity index is 1.56. The quantitative estimate of drug-likeness (QED) is 0.759. The molecule has 0 spiro atoms. The summed E-state index contributed by atoms with van der Waals surface area (Å²) >= 11 is 0. The number of carbonyl (C=O) groups excluding carboxylic acids is 1. The van der Waals surface area contributed by atoms with E-state index in [1.807, 2.05) is 54.6 Å². The normalized spacial score (nSPS) is 10.4. The zero-order valence-electron chi connectivity index (χ0n) is 13.5. The Labute approximate surface area is 140 Å². The monoisotopic (exact) mass is 321 g/mol. The van der Waals surface area contributed by atoms with Gasteiger partial charge in [-0.2, -0.15) is 5.10 Å². The molecule has 0 atom stereocenters. The molecule has 122 valence electrons. The minimum absolute atomic E-state index is 0.131. The number of amides is 1. The van der Waals surface area contributed by atoms with E-state index in [1.165, 1.54) is 0 Å². The number of rotatable bonds is 6. The fraction of sp³-hybridized carbons (Fsp3) is 0.158. The van der Waals surface area contributed by atoms with Crippen LogP contribution in [0.4, 0.5) is 0 Å². The van der Waals surface area contributed by atoms with Gasteiger partial charge in [0.25, 0.3) is 5.91 Å². The number of benzene rings is 2. The molecule has 2 aromatic carbocycles. The molecule has 0 saturated heterocycles. The van der Waals surface area contributed by atoms with Crippen molar-refractivity contribution in [3.8, 4) is 5.75 Å². The van der Waals surface area contributed by atoms with Crippen LogP contribution in [0, 0.1) is 0 Å². The van der Waals surface area contributed by atoms with Crippen molar-refractivity contribution in [3.05, 3.63) is 83.7 Å². The van der Waals surface area contributed by atoms with Crippen LogP contribution in [0.15, 0.2) is 67.0 Å². The van der Waals surface area contributed by atoms with E-state index in [0.717, 1.165) is 16.9 Å². The number of aromatic nitrogens is 2. The van der Waals surface area contributed by atoms with Crippen LogP contribution < -0.4 is 10.1 Å². The lowest BCUT2D eigenvalue weighted by molar-refractivity contribution is 0.0951. The molecule has 0 fully saturated rings. The minimum Gasteiger partial charge on any atom is -0.489 e. The first-order valence-corrected chi connectivity index (χ1v) is 7.73. The summed E-state index contributed by atoms with van der Waals surface area (Å²) in [6, 6.07) is 17.7. The van der Waals surface area contributed by atoms with Crippen molar-refractivity contribution in [2.75, 3.05) is 0 Å². The second kappa shape index (κ2) is 7.46. The van der Waals surface area contributed by atoms with Crippen LogP contribution in [0.5, 0.6) is 5.75 Å². The van der Waals surface area contributed by atoms with Gasteiger partial charge in [-0.3, -0.25) is 9.48 Å². The predicted molar refractivity (Wildman–Crippen MR) is 91.6 cm³/mol. The lowest BCUT2D eigenvalue weighted by Gasteiger charge is -2.08. The van der Waals surface area contributed by atoms with E-state index in [1.54, 1.807) is 24.1 Å². The zero-order chi connectivity index (χ0) is 16.8. The molecular formula is C19H19N3O2. The maximum absolute atomic E-state index is 12.0. The van der Waals surface area contributed by atoms with Crippen LogP contribution >= 0.6 is 0 Å². The van der Waals surface area contributed by atoms with E-state index < -0.39 is 0 Å². The summed E-state index contributed by atoms with van der Waals surface area (Å²) < 4.78 is 7.35. The summed E-state index contributed by atoms with van der Waals surface area (Å²) in [5.41, 5.74) is 2.65. The topological polar surface area (TPSA) is 56.2 Å². The minimum atomic E-state index is -0.131. The Bertz CT molecular complexity index is 812. The van der Waals surface area contributed by atoms with E-state index in [0.29, 0.717) is 18.7 Å². The third kappa shape index (κ3) is 4.23. The SMILES string of the molecule is Cn1cc(C(=O)NCc2cccc(COc3ccccc3)c2)cn1. The molecule has 5 nitrogen and oxygen atoms in total. The number of ether oxygens (including phenoxy) is 1. The average Bonchev–Trinajstić information content (AvgIpc) is 3.06. The van der Waals surface area contributed by atoms with E-state index in [2.05, 4.69) is 10.4 Å². The molecule has 1 heterocycles. The van der Waals surface area contributed by atoms with Crippen molar-refractivity contribution in [3.63, 3.8) is 0 Å². The fourth-order valence-electron chi connectivity index (χ4n) is 2.34. The number of hydrogen-bond acceptors (Lipinski definition) is 3. The molecule has 0 aliphatic heterocycles. The Morgan fingerprint density at radius 3 is 2.67 bits per heavy atom. The molecule has 1 amide bonds. The van der Waals surface area contributed by atoms with Gasteiger partial charge in [0.05, 0.1) is 11.8 Å². The van der Waals surface area contributed by atoms with Gasteiger partial charge in [-0.05, 0) is 23.3 Å². The van der Waals surface area contributed by atoms with E-state index in [-0.39, 0.29) is 5.91 Å². The van der Waals surface area contributed by atoms with Gasteiger partial charge >= 0.3 is 0 Å². The van der Waals surface area contributed by atoms with Crippen molar-refractivity contribution in [2.24, 2.45) is 7.05 Å². The van der Waals surface area contributed by atoms with Gasteiger partial charge in [-0.1, -0.05) is 42.5 Å². The van der Waals surface area contributed by atoms with E-state index in [4.69, 9.17) is 4.74 Å². The molecule has 0 bridgehead atoms. The first-order valence-electron chi connectivity index (χ1n) is 7.73. The molecule has 3 aromatic rings. The first-order chi connectivity index (χ1) is 11.7. The molecule has 0 aliphatic rings. The number of para-hydroxylation sites is 1. The highest BCUT2D eigenvalue weighted by atomic mass is 16.5. The van der Waals surface area contributed by atoms with Crippen LogP contribution in [-0.4, -0.2) is 15.7 Å². The Morgan fingerprint density at radius 1 is 1.12 bits per heavy atom. The number of nitrogens with zero attached hydrogens (tertiary/aromatic N) is 2. The highest BCUT2D eigenvalue weighted by Gasteiger charge is 2.07. The third-order valence-corrected chi connectivity index (χ3v) is 3.56. The van der Waals surface area contributed by atoms with Crippen LogP contribution in [0.3, 0.4) is 0 Å². The second-order valence-corrected chi connectivity index (χ2v) is 5.51. The van der Waals surface area contributed by atoms with Gasteiger partial charge in [0, 0.05) is 19.8 Å². The summed E-state index contributed by atoms with van der Waals surface area (Å²) in [6.45, 7) is 0.960. The average molecular weight is 321 g/mol. The summed E-state index contributed by atoms with van der Waals surface area (Å²) in [5.74, 6) is 0.710. The van der Waals surface area contributed by atoms with Crippen LogP contribution in [0.2, 0.25) is 0 Å². The Morgan fingerprint density at radius 2 is 1.92 bits per heavy atom. The van der Waals surface area contributed by atoms with Gasteiger partial charge in [0.2, 0.25) is 0 Å². The molecule has 5 heteroatoms. The molecule has 24 heavy (non-hydrogen) atoms. The molecule has 1 aromatic heterocycles. The van der Waals surface area contributed by atoms with Crippen molar-refractivity contribution < 1.29 is 9.53 Å². The van der Waals surface area contributed by atoms with E-state index >= 15 is 0 Å². The van der Waals surface area contributed by atoms with Crippen molar-refractivity contribution in [2.45, 2.75) is 13.2 Å². The van der Waals surface area contributed by atoms with Crippen molar-refractivity contribution in [1.82, 2.24) is 15.1 Å². The lowest BCUT2D eigenvalue weighted by Crippen LogP contribution is -2.22.